The minimum atomic E-state index is 0.969. The molecule has 0 atom stereocenters. The van der Waals surface area contributed by atoms with E-state index in [1.165, 1.54) is 32.7 Å². The summed E-state index contributed by atoms with van der Waals surface area (Å²) in [7, 11) is 0. The second-order valence-electron chi connectivity index (χ2n) is 7.44. The lowest BCUT2D eigenvalue weighted by atomic mass is 9.88. The van der Waals surface area contributed by atoms with Gasteiger partial charge in [-0.1, -0.05) is 78.9 Å². The predicted molar refractivity (Wildman–Crippen MR) is 125 cm³/mol. The molecule has 0 saturated heterocycles. The van der Waals surface area contributed by atoms with Gasteiger partial charge in [0.1, 0.15) is 0 Å². The topological polar surface area (TPSA) is 25.8 Å². The van der Waals surface area contributed by atoms with Gasteiger partial charge in [-0.3, -0.25) is 9.97 Å². The highest BCUT2D eigenvalue weighted by Crippen LogP contribution is 2.43. The van der Waals surface area contributed by atoms with E-state index in [0.717, 1.165) is 22.2 Å². The summed E-state index contributed by atoms with van der Waals surface area (Å²) in [5.41, 5.74) is 5.50. The molecule has 0 unspecified atom stereocenters. The van der Waals surface area contributed by atoms with Crippen molar-refractivity contribution in [2.45, 2.75) is 0 Å². The summed E-state index contributed by atoms with van der Waals surface area (Å²) in [6.07, 6.45) is 3.73. The molecule has 0 aliphatic rings. The van der Waals surface area contributed by atoms with E-state index in [0.29, 0.717) is 0 Å². The van der Waals surface area contributed by atoms with Crippen LogP contribution in [0.3, 0.4) is 0 Å². The highest BCUT2D eigenvalue weighted by molar-refractivity contribution is 6.22. The van der Waals surface area contributed by atoms with Gasteiger partial charge in [0, 0.05) is 28.9 Å². The normalized spacial score (nSPS) is 11.3. The van der Waals surface area contributed by atoms with Gasteiger partial charge in [0.2, 0.25) is 0 Å². The third-order valence-electron chi connectivity index (χ3n) is 5.76. The Hall–Kier alpha value is -4.04. The van der Waals surface area contributed by atoms with E-state index >= 15 is 0 Å². The van der Waals surface area contributed by atoms with Crippen molar-refractivity contribution in [3.05, 3.63) is 109 Å². The summed E-state index contributed by atoms with van der Waals surface area (Å²) in [5, 5.41) is 5.98. The fraction of sp³-hybridized carbons (Fsp3) is 0. The van der Waals surface area contributed by atoms with Gasteiger partial charge in [-0.05, 0) is 45.3 Å². The Balaban J connectivity index is 1.85. The molecular weight excluding hydrogens is 364 g/mol. The minimum Gasteiger partial charge on any atom is -0.256 e. The van der Waals surface area contributed by atoms with Gasteiger partial charge in [-0.15, -0.1) is 0 Å². The Kier molecular flexibility index (Phi) is 3.82. The number of hydrogen-bond acceptors (Lipinski definition) is 2. The lowest BCUT2D eigenvalue weighted by Gasteiger charge is -2.17. The first-order valence-corrected chi connectivity index (χ1v) is 10.1. The minimum absolute atomic E-state index is 0.969. The van der Waals surface area contributed by atoms with Crippen LogP contribution in [-0.2, 0) is 0 Å². The van der Waals surface area contributed by atoms with Crippen molar-refractivity contribution in [3.63, 3.8) is 0 Å². The van der Waals surface area contributed by atoms with E-state index in [2.05, 4.69) is 83.8 Å². The molecule has 2 nitrogen and oxygen atoms in total. The first-order valence-electron chi connectivity index (χ1n) is 10.1. The van der Waals surface area contributed by atoms with Crippen LogP contribution in [0.2, 0.25) is 0 Å². The Morgan fingerprint density at radius 2 is 1.10 bits per heavy atom. The predicted octanol–water partition coefficient (Wildman–Crippen LogP) is 7.27. The van der Waals surface area contributed by atoms with Crippen molar-refractivity contribution in [1.82, 2.24) is 9.97 Å². The lowest BCUT2D eigenvalue weighted by Crippen LogP contribution is -1.94. The van der Waals surface area contributed by atoms with Gasteiger partial charge >= 0.3 is 0 Å². The number of hydrogen-bond donors (Lipinski definition) is 0. The average Bonchev–Trinajstić information content (AvgIpc) is 2.83. The molecule has 0 aliphatic heterocycles. The number of fused-ring (bicyclic) bond motifs is 3. The maximum absolute atomic E-state index is 4.87. The van der Waals surface area contributed by atoms with Crippen LogP contribution in [-0.4, -0.2) is 9.97 Å². The molecule has 2 heterocycles. The molecule has 0 saturated carbocycles. The molecule has 6 aromatic rings. The van der Waals surface area contributed by atoms with E-state index in [1.807, 2.05) is 30.6 Å². The monoisotopic (exact) mass is 382 g/mol. The van der Waals surface area contributed by atoms with Gasteiger partial charge < -0.3 is 0 Å². The lowest BCUT2D eigenvalue weighted by molar-refractivity contribution is 1.33. The van der Waals surface area contributed by atoms with Gasteiger partial charge in [0.15, 0.2) is 0 Å². The largest absolute Gasteiger partial charge is 0.256 e. The van der Waals surface area contributed by atoms with Gasteiger partial charge in [0.25, 0.3) is 0 Å². The van der Waals surface area contributed by atoms with E-state index in [1.54, 1.807) is 0 Å². The zero-order valence-electron chi connectivity index (χ0n) is 16.3. The van der Waals surface area contributed by atoms with Crippen molar-refractivity contribution in [1.29, 1.82) is 0 Å². The molecule has 6 rings (SSSR count). The molecule has 30 heavy (non-hydrogen) atoms. The maximum Gasteiger partial charge on any atom is 0.0793 e. The van der Waals surface area contributed by atoms with Crippen molar-refractivity contribution in [3.8, 4) is 22.4 Å². The van der Waals surface area contributed by atoms with Crippen LogP contribution in [0.15, 0.2) is 109 Å². The van der Waals surface area contributed by atoms with Crippen molar-refractivity contribution < 1.29 is 0 Å². The van der Waals surface area contributed by atoms with Gasteiger partial charge in [-0.2, -0.15) is 0 Å². The number of pyridine rings is 2. The second kappa shape index (κ2) is 6.78. The van der Waals surface area contributed by atoms with Crippen LogP contribution < -0.4 is 0 Å². The Labute approximate surface area is 174 Å². The summed E-state index contributed by atoms with van der Waals surface area (Å²) in [5.74, 6) is 0. The summed E-state index contributed by atoms with van der Waals surface area (Å²) in [6, 6.07) is 33.9. The summed E-state index contributed by atoms with van der Waals surface area (Å²) >= 11 is 0. The van der Waals surface area contributed by atoms with Crippen LogP contribution in [0.5, 0.6) is 0 Å². The zero-order chi connectivity index (χ0) is 19.9. The van der Waals surface area contributed by atoms with Crippen LogP contribution in [0.25, 0.3) is 54.8 Å². The summed E-state index contributed by atoms with van der Waals surface area (Å²) in [6.45, 7) is 0. The fourth-order valence-corrected chi connectivity index (χ4v) is 4.50. The zero-order valence-corrected chi connectivity index (χ0v) is 16.3. The number of nitrogens with zero attached hydrogens (tertiary/aromatic N) is 2. The molecule has 140 valence electrons. The number of benzene rings is 4. The van der Waals surface area contributed by atoms with Gasteiger partial charge in [0.05, 0.1) is 11.2 Å². The quantitative estimate of drug-likeness (QED) is 0.294. The van der Waals surface area contributed by atoms with Gasteiger partial charge in [-0.25, -0.2) is 0 Å². The van der Waals surface area contributed by atoms with E-state index in [-0.39, 0.29) is 0 Å². The van der Waals surface area contributed by atoms with Crippen molar-refractivity contribution in [2.75, 3.05) is 0 Å². The van der Waals surface area contributed by atoms with Crippen LogP contribution in [0.4, 0.5) is 0 Å². The van der Waals surface area contributed by atoms with Crippen LogP contribution in [0.1, 0.15) is 0 Å². The van der Waals surface area contributed by atoms with E-state index in [9.17, 15) is 0 Å². The van der Waals surface area contributed by atoms with E-state index in [4.69, 9.17) is 4.98 Å². The highest BCUT2D eigenvalue weighted by atomic mass is 14.7. The van der Waals surface area contributed by atoms with E-state index < -0.39 is 0 Å². The number of aromatic nitrogens is 2. The summed E-state index contributed by atoms with van der Waals surface area (Å²) in [4.78, 5) is 9.55. The Bertz CT molecular complexity index is 1470. The molecule has 0 radical (unpaired) electrons. The first kappa shape index (κ1) is 16.9. The molecule has 0 aliphatic carbocycles. The molecule has 0 N–H and O–H groups in total. The first-order chi connectivity index (χ1) is 14.9. The molecule has 2 heteroatoms. The SMILES string of the molecule is c1ccc(-c2c3ccccc3c(-c3cccc4ccccc34)c3ncccc23)nc1. The average molecular weight is 382 g/mol. The van der Waals surface area contributed by atoms with Crippen molar-refractivity contribution >= 4 is 32.4 Å². The molecule has 4 aromatic carbocycles. The molecule has 0 bridgehead atoms. The molecule has 0 spiro atoms. The van der Waals surface area contributed by atoms with Crippen LogP contribution in [0, 0.1) is 0 Å². The summed E-state index contributed by atoms with van der Waals surface area (Å²) < 4.78 is 0. The fourth-order valence-electron chi connectivity index (χ4n) is 4.50. The smallest absolute Gasteiger partial charge is 0.0793 e. The molecular formula is C28H18N2. The maximum atomic E-state index is 4.87. The number of rotatable bonds is 2. The molecule has 0 fully saturated rings. The highest BCUT2D eigenvalue weighted by Gasteiger charge is 2.18. The van der Waals surface area contributed by atoms with Crippen LogP contribution >= 0.6 is 0 Å². The third kappa shape index (κ3) is 2.51. The molecule has 0 amide bonds. The Morgan fingerprint density at radius 3 is 1.93 bits per heavy atom. The second-order valence-corrected chi connectivity index (χ2v) is 7.44. The van der Waals surface area contributed by atoms with Crippen molar-refractivity contribution in [2.24, 2.45) is 0 Å². The Morgan fingerprint density at radius 1 is 0.433 bits per heavy atom. The molecule has 2 aromatic heterocycles. The third-order valence-corrected chi connectivity index (χ3v) is 5.76. The standard InChI is InChI=1S/C28H18N2/c1-2-11-20-19(9-1)10-7-14-21(20)27-23-13-4-3-12-22(23)26(25-16-5-6-17-29-25)24-15-8-18-30-28(24)27/h1-18H.